The molecule has 10 rings (SSSR count). The van der Waals surface area contributed by atoms with Gasteiger partial charge in [-0.1, -0.05) is 42.5 Å². The number of anilines is 4. The molecule has 0 aliphatic carbocycles. The van der Waals surface area contributed by atoms with Gasteiger partial charge in [-0.05, 0) is 91.8 Å². The molecule has 0 spiro atoms. The number of aliphatic imine (C=N–C) groups is 1. The van der Waals surface area contributed by atoms with E-state index >= 15 is 0 Å². The minimum absolute atomic E-state index is 0.000217. The van der Waals surface area contributed by atoms with E-state index in [-0.39, 0.29) is 107 Å². The van der Waals surface area contributed by atoms with Crippen LogP contribution in [0.2, 0.25) is 0 Å². The van der Waals surface area contributed by atoms with Crippen molar-refractivity contribution in [3.8, 4) is 34.8 Å². The molecule has 8 radical (unpaired) electrons. The van der Waals surface area contributed by atoms with Crippen LogP contribution in [0.4, 0.5) is 28.4 Å². The predicted molar refractivity (Wildman–Crippen MR) is 318 cm³/mol. The van der Waals surface area contributed by atoms with Gasteiger partial charge in [0.15, 0.2) is 23.0 Å². The van der Waals surface area contributed by atoms with Crippen molar-refractivity contribution in [2.24, 2.45) is 4.99 Å². The minimum Gasteiger partial charge on any atom is -0.499 e. The second-order valence-electron chi connectivity index (χ2n) is 21.1. The first-order chi connectivity index (χ1) is 40.6. The number of nitrogens with one attached hydrogen (secondary N) is 5. The van der Waals surface area contributed by atoms with Crippen molar-refractivity contribution < 1.29 is 57.3 Å². The molecule has 5 aromatic carbocycles. The molecule has 0 fully saturated rings. The van der Waals surface area contributed by atoms with Gasteiger partial charge in [0.25, 0.3) is 11.8 Å². The van der Waals surface area contributed by atoms with Crippen LogP contribution in [0.5, 0.6) is 23.0 Å². The first kappa shape index (κ1) is 58.7. The first-order valence-corrected chi connectivity index (χ1v) is 27.4. The molecule has 21 nitrogen and oxygen atoms in total. The van der Waals surface area contributed by atoms with Crippen molar-refractivity contribution in [3.05, 3.63) is 124 Å². The van der Waals surface area contributed by atoms with E-state index in [1.807, 2.05) is 48.5 Å². The van der Waals surface area contributed by atoms with E-state index in [1.54, 1.807) is 22.1 Å². The Morgan fingerprint density at radius 1 is 0.682 bits per heavy atom. The molecule has 0 saturated carbocycles. The summed E-state index contributed by atoms with van der Waals surface area (Å²) in [5.41, 5.74) is 4.81. The number of fused-ring (bicyclic) bond motifs is 8. The Balaban J connectivity index is 0.859. The quantitative estimate of drug-likeness (QED) is 0.0307. The molecule has 85 heavy (non-hydrogen) atoms. The van der Waals surface area contributed by atoms with Crippen molar-refractivity contribution >= 4 is 113 Å². The Kier molecular flexibility index (Phi) is 16.6. The molecule has 0 saturated heterocycles. The van der Waals surface area contributed by atoms with Gasteiger partial charge in [-0.25, -0.2) is 0 Å². The lowest BCUT2D eigenvalue weighted by Crippen LogP contribution is -2.50. The summed E-state index contributed by atoms with van der Waals surface area (Å²) in [5, 5.41) is 9.33. The summed E-state index contributed by atoms with van der Waals surface area (Å²) in [7, 11) is 30.3. The number of carbonyl (C=O) groups is 8. The molecule has 4 atom stereocenters. The third-order valence-corrected chi connectivity index (χ3v) is 15.1. The summed E-state index contributed by atoms with van der Waals surface area (Å²) >= 11 is 0. The van der Waals surface area contributed by atoms with E-state index in [1.165, 1.54) is 64.5 Å². The van der Waals surface area contributed by atoms with Crippen molar-refractivity contribution in [1.82, 2.24) is 20.9 Å². The van der Waals surface area contributed by atoms with E-state index in [0.717, 1.165) is 27.4 Å². The summed E-state index contributed by atoms with van der Waals surface area (Å²) in [6.07, 6.45) is 3.60. The highest BCUT2D eigenvalue weighted by molar-refractivity contribution is 6.40. The molecule has 2 unspecified atom stereocenters. The second-order valence-corrected chi connectivity index (χ2v) is 21.1. The summed E-state index contributed by atoms with van der Waals surface area (Å²) < 4.78 is 24.2. The number of carbonyl (C=O) groups excluding carboxylic acids is 8. The van der Waals surface area contributed by atoms with Gasteiger partial charge in [-0.3, -0.25) is 53.1 Å². The Hall–Kier alpha value is -9.45. The van der Waals surface area contributed by atoms with E-state index in [2.05, 4.69) is 38.4 Å². The Labute approximate surface area is 495 Å². The maximum absolute atomic E-state index is 14.3. The van der Waals surface area contributed by atoms with Gasteiger partial charge in [0.1, 0.15) is 43.5 Å². The van der Waals surface area contributed by atoms with Crippen molar-refractivity contribution in [2.75, 3.05) is 54.3 Å². The molecule has 0 bridgehead atoms. The van der Waals surface area contributed by atoms with Gasteiger partial charge >= 0.3 is 11.8 Å². The third-order valence-electron chi connectivity index (χ3n) is 15.1. The van der Waals surface area contributed by atoms with Gasteiger partial charge in [-0.2, -0.15) is 0 Å². The molecular weight excluding hydrogens is 1080 g/mol. The number of amides is 8. The summed E-state index contributed by atoms with van der Waals surface area (Å²) in [5.74, 6) is 0.447. The lowest BCUT2D eigenvalue weighted by Gasteiger charge is -2.34. The number of nitrogens with zero attached hydrogens (tertiary/aromatic N) is 4. The zero-order valence-corrected chi connectivity index (χ0v) is 46.9. The van der Waals surface area contributed by atoms with E-state index in [4.69, 9.17) is 55.3 Å². The monoisotopic (exact) mass is 1140 g/mol. The highest BCUT2D eigenvalue weighted by atomic mass is 16.5. The average Bonchev–Trinajstić information content (AvgIpc) is 1.94. The van der Waals surface area contributed by atoms with Crippen molar-refractivity contribution in [3.63, 3.8) is 0 Å². The van der Waals surface area contributed by atoms with Crippen molar-refractivity contribution in [1.29, 1.82) is 0 Å². The Morgan fingerprint density at radius 2 is 1.25 bits per heavy atom. The highest BCUT2D eigenvalue weighted by Crippen LogP contribution is 2.45. The fraction of sp³-hybridized carbons (Fsp3) is 0.317. The van der Waals surface area contributed by atoms with Crippen LogP contribution in [0.15, 0.2) is 96.0 Å². The lowest BCUT2D eigenvalue weighted by atomic mass is 9.57. The maximum Gasteiger partial charge on any atom is 0.306 e. The fourth-order valence-electron chi connectivity index (χ4n) is 10.7. The van der Waals surface area contributed by atoms with Crippen LogP contribution in [0.3, 0.4) is 0 Å². The minimum atomic E-state index is -2.31. The van der Waals surface area contributed by atoms with Crippen molar-refractivity contribution in [2.45, 2.75) is 87.3 Å². The number of ether oxygens (including phenoxy) is 4. The molecule has 5 N–H and O–H groups in total. The van der Waals surface area contributed by atoms with Gasteiger partial charge in [0, 0.05) is 86.1 Å². The molecule has 424 valence electrons. The number of hydrogen-bond donors (Lipinski definition) is 5. The molecular formula is C60H55B4N9O12. The van der Waals surface area contributed by atoms with E-state index in [0.29, 0.717) is 43.5 Å². The van der Waals surface area contributed by atoms with E-state index < -0.39 is 52.4 Å². The number of benzene rings is 5. The van der Waals surface area contributed by atoms with E-state index in [9.17, 15) is 38.4 Å². The summed E-state index contributed by atoms with van der Waals surface area (Å²) in [4.78, 5) is 113. The molecule has 0 aromatic heterocycles. The normalized spacial score (nSPS) is 17.0. The zero-order valence-electron chi connectivity index (χ0n) is 46.9. The van der Waals surface area contributed by atoms with Crippen LogP contribution in [-0.4, -0.2) is 148 Å². The smallest absolute Gasteiger partial charge is 0.306 e. The molecule has 5 aliphatic heterocycles. The lowest BCUT2D eigenvalue weighted by molar-refractivity contribution is -0.136. The van der Waals surface area contributed by atoms with Crippen LogP contribution in [-0.2, 0) is 52.4 Å². The highest BCUT2D eigenvalue weighted by Gasteiger charge is 2.40. The Morgan fingerprint density at radius 3 is 1.89 bits per heavy atom. The number of unbranched alkanes of at least 4 members (excludes halogenated alkanes) is 1. The SMILES string of the molecule is [B]C([B])(Oc1cc2c(cc1OC)C(=O)N1c3ccccc3C[C@H]1C=N2)c1cc(NC(=O)C(C)NC(=O)C(C)NC(=O)CCCCC(=O)NCCN2C(=O)C#CC2=O)cc(C([B])([B])Oc2cc3c(cc2OC)C(=O)N2c4ccccc4C[C@H]2CN3)c1. The fourth-order valence-corrected chi connectivity index (χ4v) is 10.7. The molecule has 8 amide bonds. The van der Waals surface area contributed by atoms with Crippen LogP contribution in [0.25, 0.3) is 0 Å². The summed E-state index contributed by atoms with van der Waals surface area (Å²) in [6, 6.07) is 22.8. The van der Waals surface area contributed by atoms with Crippen LogP contribution in [0, 0.1) is 11.8 Å². The zero-order chi connectivity index (χ0) is 60.5. The number of rotatable bonds is 21. The molecule has 5 aromatic rings. The standard InChI is InChI=1S/C60H55B4N9O12/c1-32(68-52(75)16-10-9-15-51(74)65-19-20-71-53(76)17-18-54(71)77)55(78)69-33(2)56(79)70-38-24-36(59(61,62)84-49-28-43-41(26-47(49)82-3)57(80)72-39(30-66-43)21-34-11-5-7-13-45(34)72)23-37(25-38)60(63,64)85-50-29-44-42(27-48(50)83-4)58(81)73-40(31-67-44)22-35-12-6-8-14-46(35)73/h5-8,11-14,23-30,32-33,39-40,67H,9-10,15-16,19-22,31H2,1-4H3,(H,65,74)(H,68,75)(H,69,78)(H,70,79)/t32?,33?,39-,40-/m0/s1. The van der Waals surface area contributed by atoms with Gasteiger partial charge < -0.3 is 50.4 Å². The van der Waals surface area contributed by atoms with Gasteiger partial charge in [0.05, 0.1) is 59.6 Å². The number of imide groups is 1. The van der Waals surface area contributed by atoms with Crippen LogP contribution in [0.1, 0.15) is 82.5 Å². The largest absolute Gasteiger partial charge is 0.499 e. The number of methoxy groups -OCH3 is 2. The molecule has 5 heterocycles. The third kappa shape index (κ3) is 12.3. The topological polar surface area (TPSA) is 256 Å². The maximum atomic E-state index is 14.3. The summed E-state index contributed by atoms with van der Waals surface area (Å²) in [6.45, 7) is 3.28. The van der Waals surface area contributed by atoms with Gasteiger partial charge in [0.2, 0.25) is 23.6 Å². The Bertz CT molecular complexity index is 3680. The first-order valence-electron chi connectivity index (χ1n) is 27.4. The molecule has 25 heteroatoms. The molecule has 5 aliphatic rings. The van der Waals surface area contributed by atoms with Gasteiger partial charge in [-0.15, -0.1) is 0 Å². The predicted octanol–water partition coefficient (Wildman–Crippen LogP) is 3.04. The second kappa shape index (κ2) is 24.0. The van der Waals surface area contributed by atoms with Crippen LogP contribution >= 0.6 is 0 Å². The number of hydrogen-bond acceptors (Lipinski definition) is 14. The van der Waals surface area contributed by atoms with Crippen LogP contribution < -0.4 is 55.3 Å². The number of para-hydroxylation sites is 2. The average molecular weight is 1140 g/mol.